The van der Waals surface area contributed by atoms with E-state index in [0.29, 0.717) is 11.3 Å². The number of rotatable bonds is 5. The molecule has 1 fully saturated rings. The van der Waals surface area contributed by atoms with E-state index in [4.69, 9.17) is 4.74 Å². The number of nitrogens with zero attached hydrogens (tertiary/aromatic N) is 1. The molecular formula is C18H17NO4S. The van der Waals surface area contributed by atoms with Crippen molar-refractivity contribution in [3.8, 4) is 11.8 Å². The van der Waals surface area contributed by atoms with Gasteiger partial charge in [0.15, 0.2) is 9.84 Å². The molecule has 0 aromatic heterocycles. The third kappa shape index (κ3) is 2.37. The molecule has 1 aliphatic rings. The lowest BCUT2D eigenvalue weighted by Gasteiger charge is -2.05. The summed E-state index contributed by atoms with van der Waals surface area (Å²) in [6.07, 6.45) is 0. The highest BCUT2D eigenvalue weighted by Crippen LogP contribution is 2.63. The van der Waals surface area contributed by atoms with Crippen molar-refractivity contribution >= 4 is 9.84 Å². The van der Waals surface area contributed by atoms with Gasteiger partial charge in [-0.25, -0.2) is 8.42 Å². The fraction of sp³-hybridized carbons (Fsp3) is 0.278. The molecule has 0 amide bonds. The van der Waals surface area contributed by atoms with Crippen LogP contribution >= 0.6 is 0 Å². The minimum atomic E-state index is -3.72. The highest BCUT2D eigenvalue weighted by atomic mass is 32.2. The van der Waals surface area contributed by atoms with Crippen LogP contribution < -0.4 is 4.74 Å². The molecule has 0 unspecified atom stereocenters. The second-order valence-corrected chi connectivity index (χ2v) is 7.91. The number of benzene rings is 2. The molecule has 0 aliphatic heterocycles. The van der Waals surface area contributed by atoms with Crippen LogP contribution in [0, 0.1) is 16.7 Å². The summed E-state index contributed by atoms with van der Waals surface area (Å²) < 4.78 is 31.0. The predicted molar refractivity (Wildman–Crippen MR) is 88.3 cm³/mol. The van der Waals surface area contributed by atoms with Gasteiger partial charge in [0.1, 0.15) is 11.2 Å². The minimum absolute atomic E-state index is 0.166. The Morgan fingerprint density at radius 3 is 2.29 bits per heavy atom. The number of ether oxygens (including phenoxy) is 1. The van der Waals surface area contributed by atoms with Gasteiger partial charge in [0.2, 0.25) is 0 Å². The third-order valence-corrected chi connectivity index (χ3v) is 6.90. The molecule has 3 atom stereocenters. The van der Waals surface area contributed by atoms with E-state index in [1.807, 2.05) is 6.07 Å². The topological polar surface area (TPSA) is 87.4 Å². The largest absolute Gasteiger partial charge is 0.497 e. The molecule has 0 heterocycles. The van der Waals surface area contributed by atoms with Crippen LogP contribution in [-0.2, 0) is 9.84 Å². The standard InChI is InChI=1S/C18H17NO4S/c1-23-14-9-7-13(8-10-14)16-17(18(16,11-19)12-20)24(21,22)15-5-3-2-4-6-15/h2-10,16-17,20H,12H2,1H3/t16-,17-,18-/m1/s1. The van der Waals surface area contributed by atoms with E-state index in [9.17, 15) is 18.8 Å². The fourth-order valence-corrected chi connectivity index (χ4v) is 5.59. The van der Waals surface area contributed by atoms with Crippen LogP contribution in [0.2, 0.25) is 0 Å². The molecule has 0 saturated heterocycles. The lowest BCUT2D eigenvalue weighted by molar-refractivity contribution is 0.242. The van der Waals surface area contributed by atoms with Gasteiger partial charge in [-0.3, -0.25) is 0 Å². The Labute approximate surface area is 141 Å². The van der Waals surface area contributed by atoms with Gasteiger partial charge in [-0.05, 0) is 29.8 Å². The van der Waals surface area contributed by atoms with E-state index in [1.54, 1.807) is 49.6 Å². The van der Waals surface area contributed by atoms with Crippen molar-refractivity contribution in [2.75, 3.05) is 13.7 Å². The average Bonchev–Trinajstić information content (AvgIpc) is 3.33. The van der Waals surface area contributed by atoms with Gasteiger partial charge in [0, 0.05) is 5.92 Å². The Hall–Kier alpha value is -2.36. The van der Waals surface area contributed by atoms with Crippen LogP contribution in [-0.4, -0.2) is 32.5 Å². The van der Waals surface area contributed by atoms with Crippen LogP contribution in [0.15, 0.2) is 59.5 Å². The first-order valence-corrected chi connectivity index (χ1v) is 9.01. The summed E-state index contributed by atoms with van der Waals surface area (Å²) in [6.45, 7) is -0.503. The lowest BCUT2D eigenvalue weighted by Crippen LogP contribution is -2.18. The smallest absolute Gasteiger partial charge is 0.183 e. The van der Waals surface area contributed by atoms with Crippen molar-refractivity contribution in [2.45, 2.75) is 16.1 Å². The van der Waals surface area contributed by atoms with Crippen LogP contribution in [0.4, 0.5) is 0 Å². The molecule has 5 nitrogen and oxygen atoms in total. The first kappa shape index (κ1) is 16.5. The van der Waals surface area contributed by atoms with E-state index in [0.717, 1.165) is 0 Å². The molecule has 24 heavy (non-hydrogen) atoms. The van der Waals surface area contributed by atoms with Crippen LogP contribution in [0.5, 0.6) is 5.75 Å². The number of sulfone groups is 1. The van der Waals surface area contributed by atoms with Gasteiger partial charge < -0.3 is 9.84 Å². The number of nitriles is 1. The number of aliphatic hydroxyl groups excluding tert-OH is 1. The number of hydrogen-bond acceptors (Lipinski definition) is 5. The van der Waals surface area contributed by atoms with E-state index >= 15 is 0 Å². The summed E-state index contributed by atoms with van der Waals surface area (Å²) in [7, 11) is -2.18. The molecule has 1 saturated carbocycles. The maximum Gasteiger partial charge on any atom is 0.183 e. The van der Waals surface area contributed by atoms with Gasteiger partial charge in [-0.15, -0.1) is 0 Å². The van der Waals surface area contributed by atoms with Gasteiger partial charge >= 0.3 is 0 Å². The first-order chi connectivity index (χ1) is 11.5. The minimum Gasteiger partial charge on any atom is -0.497 e. The molecule has 0 radical (unpaired) electrons. The molecule has 3 rings (SSSR count). The van der Waals surface area contributed by atoms with E-state index in [-0.39, 0.29) is 4.90 Å². The second kappa shape index (κ2) is 5.93. The van der Waals surface area contributed by atoms with E-state index < -0.39 is 33.0 Å². The summed E-state index contributed by atoms with van der Waals surface area (Å²) in [5.41, 5.74) is -0.612. The monoisotopic (exact) mass is 343 g/mol. The lowest BCUT2D eigenvalue weighted by atomic mass is 10.0. The average molecular weight is 343 g/mol. The third-order valence-electron chi connectivity index (χ3n) is 4.61. The van der Waals surface area contributed by atoms with Crippen molar-refractivity contribution in [1.29, 1.82) is 5.26 Å². The number of methoxy groups -OCH3 is 1. The van der Waals surface area contributed by atoms with Crippen LogP contribution in [0.3, 0.4) is 0 Å². The summed E-state index contributed by atoms with van der Waals surface area (Å²) in [4.78, 5) is 0.166. The normalized spacial score (nSPS) is 25.7. The maximum absolute atomic E-state index is 12.9. The Kier molecular flexibility index (Phi) is 4.08. The van der Waals surface area contributed by atoms with E-state index in [1.165, 1.54) is 12.1 Å². The van der Waals surface area contributed by atoms with Crippen molar-refractivity contribution in [3.05, 3.63) is 60.2 Å². The highest BCUT2D eigenvalue weighted by Gasteiger charge is 2.72. The molecule has 1 N–H and O–H groups in total. The van der Waals surface area contributed by atoms with Crippen molar-refractivity contribution in [3.63, 3.8) is 0 Å². The van der Waals surface area contributed by atoms with Gasteiger partial charge in [-0.2, -0.15) is 5.26 Å². The Morgan fingerprint density at radius 2 is 1.79 bits per heavy atom. The molecule has 124 valence electrons. The quantitative estimate of drug-likeness (QED) is 0.899. The summed E-state index contributed by atoms with van der Waals surface area (Å²) >= 11 is 0. The summed E-state index contributed by atoms with van der Waals surface area (Å²) in [6, 6.07) is 17.0. The van der Waals surface area contributed by atoms with Crippen LogP contribution in [0.25, 0.3) is 0 Å². The summed E-state index contributed by atoms with van der Waals surface area (Å²) in [5.74, 6) is 0.0806. The van der Waals surface area contributed by atoms with Crippen molar-refractivity contribution in [2.24, 2.45) is 5.41 Å². The zero-order valence-corrected chi connectivity index (χ0v) is 13.9. The molecule has 1 aliphatic carbocycles. The number of hydrogen-bond donors (Lipinski definition) is 1. The maximum atomic E-state index is 12.9. The van der Waals surface area contributed by atoms with E-state index in [2.05, 4.69) is 0 Å². The molecule has 6 heteroatoms. The van der Waals surface area contributed by atoms with Gasteiger partial charge in [-0.1, -0.05) is 30.3 Å². The zero-order chi connectivity index (χ0) is 17.4. The SMILES string of the molecule is COc1ccc([C@@H]2[C@@H](S(=O)(=O)c3ccccc3)[C@]2(C#N)CO)cc1. The number of aliphatic hydroxyl groups is 1. The predicted octanol–water partition coefficient (Wildman–Crippen LogP) is 2.14. The first-order valence-electron chi connectivity index (χ1n) is 7.46. The van der Waals surface area contributed by atoms with Gasteiger partial charge in [0.25, 0.3) is 0 Å². The molecule has 0 bridgehead atoms. The molecule has 2 aromatic carbocycles. The summed E-state index contributed by atoms with van der Waals surface area (Å²) in [5, 5.41) is 18.4. The Morgan fingerprint density at radius 1 is 1.17 bits per heavy atom. The molecular weight excluding hydrogens is 326 g/mol. The Balaban J connectivity index is 2.04. The molecule has 0 spiro atoms. The van der Waals surface area contributed by atoms with Gasteiger partial charge in [0.05, 0.1) is 29.9 Å². The second-order valence-electron chi connectivity index (χ2n) is 5.84. The Bertz CT molecular complexity index is 871. The van der Waals surface area contributed by atoms with Crippen LogP contribution in [0.1, 0.15) is 11.5 Å². The highest BCUT2D eigenvalue weighted by molar-refractivity contribution is 7.92. The fourth-order valence-electron chi connectivity index (χ4n) is 3.26. The molecule has 2 aromatic rings. The van der Waals surface area contributed by atoms with Crippen molar-refractivity contribution < 1.29 is 18.3 Å². The van der Waals surface area contributed by atoms with Crippen molar-refractivity contribution in [1.82, 2.24) is 0 Å². The zero-order valence-electron chi connectivity index (χ0n) is 13.1.